The molecule has 0 saturated heterocycles. The smallest absolute Gasteiger partial charge is 0.0991 e. The number of halogens is 2. The van der Waals surface area contributed by atoms with Crippen molar-refractivity contribution >= 4 is 30.5 Å². The first-order valence-electron chi connectivity index (χ1n) is 3.70. The first-order chi connectivity index (χ1) is 5.86. The van der Waals surface area contributed by atoms with E-state index < -0.39 is 0 Å². The molecule has 2 aromatic rings. The minimum absolute atomic E-state index is 0. The van der Waals surface area contributed by atoms with Crippen molar-refractivity contribution in [2.75, 3.05) is 5.73 Å². The van der Waals surface area contributed by atoms with Gasteiger partial charge in [-0.2, -0.15) is 0 Å². The minimum atomic E-state index is 0. The second-order valence-electron chi connectivity index (χ2n) is 2.56. The topological polar surface area (TPSA) is 43.8 Å². The molecule has 0 aliphatic heterocycles. The zero-order chi connectivity index (χ0) is 8.39. The molecule has 0 saturated carbocycles. The molecule has 0 radical (unpaired) electrons. The molecule has 0 atom stereocenters. The number of benzene rings is 1. The van der Waals surface area contributed by atoms with Crippen LogP contribution in [0.5, 0.6) is 0 Å². The number of rotatable bonds is 1. The summed E-state index contributed by atoms with van der Waals surface area (Å²) in [5.41, 5.74) is 7.40. The normalized spacial score (nSPS) is 8.57. The van der Waals surface area contributed by atoms with Crippen molar-refractivity contribution in [2.24, 2.45) is 0 Å². The van der Waals surface area contributed by atoms with Crippen LogP contribution in [0.3, 0.4) is 0 Å². The van der Waals surface area contributed by atoms with Gasteiger partial charge in [-0.25, -0.2) is 4.98 Å². The van der Waals surface area contributed by atoms with E-state index in [0.29, 0.717) is 0 Å². The van der Waals surface area contributed by atoms with Gasteiger partial charge in [0.2, 0.25) is 0 Å². The molecule has 1 aromatic carbocycles. The standard InChI is InChI=1S/C9H9N3.2ClH/c10-8-1-3-9(4-2-8)12-6-5-11-7-12;;/h1-7H,10H2;2*1H. The van der Waals surface area contributed by atoms with E-state index in [1.165, 1.54) is 0 Å². The van der Waals surface area contributed by atoms with Gasteiger partial charge >= 0.3 is 0 Å². The summed E-state index contributed by atoms with van der Waals surface area (Å²) < 4.78 is 1.93. The zero-order valence-electron chi connectivity index (χ0n) is 7.33. The van der Waals surface area contributed by atoms with E-state index in [-0.39, 0.29) is 24.8 Å². The lowest BCUT2D eigenvalue weighted by atomic mass is 10.3. The fourth-order valence-electron chi connectivity index (χ4n) is 1.06. The van der Waals surface area contributed by atoms with Gasteiger partial charge in [0.15, 0.2) is 0 Å². The van der Waals surface area contributed by atoms with E-state index in [1.54, 1.807) is 12.5 Å². The Morgan fingerprint density at radius 3 is 2.21 bits per heavy atom. The predicted molar refractivity (Wildman–Crippen MR) is 62.5 cm³/mol. The number of nitrogens with zero attached hydrogens (tertiary/aromatic N) is 2. The molecule has 0 unspecified atom stereocenters. The maximum Gasteiger partial charge on any atom is 0.0991 e. The lowest BCUT2D eigenvalue weighted by molar-refractivity contribution is 1.06. The SMILES string of the molecule is Cl.Cl.Nc1ccc(-n2ccnc2)cc1. The predicted octanol–water partition coefficient (Wildman–Crippen LogP) is 2.30. The molecule has 5 heteroatoms. The maximum atomic E-state index is 5.56. The van der Waals surface area contributed by atoms with Crippen LogP contribution >= 0.6 is 24.8 Å². The third-order valence-corrected chi connectivity index (χ3v) is 1.70. The molecule has 76 valence electrons. The van der Waals surface area contributed by atoms with Crippen molar-refractivity contribution in [3.8, 4) is 5.69 Å². The number of nitrogen functional groups attached to an aromatic ring is 1. The highest BCUT2D eigenvalue weighted by Crippen LogP contribution is 2.09. The Labute approximate surface area is 94.8 Å². The fraction of sp³-hybridized carbons (Fsp3) is 0. The molecule has 0 bridgehead atoms. The molecule has 1 aromatic heterocycles. The quantitative estimate of drug-likeness (QED) is 0.766. The summed E-state index contributed by atoms with van der Waals surface area (Å²) in [7, 11) is 0. The second-order valence-corrected chi connectivity index (χ2v) is 2.56. The van der Waals surface area contributed by atoms with Crippen LogP contribution in [0.4, 0.5) is 5.69 Å². The largest absolute Gasteiger partial charge is 0.399 e. The average Bonchev–Trinajstić information content (AvgIpc) is 2.58. The molecule has 0 aliphatic rings. The summed E-state index contributed by atoms with van der Waals surface area (Å²) in [5.74, 6) is 0. The van der Waals surface area contributed by atoms with Gasteiger partial charge in [0.1, 0.15) is 0 Å². The third kappa shape index (κ3) is 2.65. The van der Waals surface area contributed by atoms with Crippen LogP contribution in [0.1, 0.15) is 0 Å². The Balaban J connectivity index is 0.000000845. The number of anilines is 1. The third-order valence-electron chi connectivity index (χ3n) is 1.70. The summed E-state index contributed by atoms with van der Waals surface area (Å²) in [6.07, 6.45) is 5.40. The highest BCUT2D eigenvalue weighted by Gasteiger charge is 1.92. The first-order valence-corrected chi connectivity index (χ1v) is 3.70. The fourth-order valence-corrected chi connectivity index (χ4v) is 1.06. The van der Waals surface area contributed by atoms with E-state index in [0.717, 1.165) is 11.4 Å². The number of aromatic nitrogens is 2. The van der Waals surface area contributed by atoms with Crippen LogP contribution in [-0.4, -0.2) is 9.55 Å². The Morgan fingerprint density at radius 1 is 1.07 bits per heavy atom. The molecule has 0 amide bonds. The van der Waals surface area contributed by atoms with E-state index in [2.05, 4.69) is 4.98 Å². The van der Waals surface area contributed by atoms with Crippen molar-refractivity contribution in [3.05, 3.63) is 43.0 Å². The number of hydrogen-bond acceptors (Lipinski definition) is 2. The van der Waals surface area contributed by atoms with Crippen LogP contribution in [0.15, 0.2) is 43.0 Å². The van der Waals surface area contributed by atoms with E-state index >= 15 is 0 Å². The lowest BCUT2D eigenvalue weighted by Gasteiger charge is -2.00. The Kier molecular flexibility index (Phi) is 5.05. The van der Waals surface area contributed by atoms with Gasteiger partial charge < -0.3 is 10.3 Å². The Hall–Kier alpha value is -1.19. The average molecular weight is 232 g/mol. The van der Waals surface area contributed by atoms with Gasteiger partial charge in [-0.15, -0.1) is 24.8 Å². The molecule has 0 spiro atoms. The summed E-state index contributed by atoms with van der Waals surface area (Å²) in [4.78, 5) is 3.95. The van der Waals surface area contributed by atoms with Crippen molar-refractivity contribution < 1.29 is 0 Å². The zero-order valence-corrected chi connectivity index (χ0v) is 8.96. The van der Waals surface area contributed by atoms with Crippen LogP contribution < -0.4 is 5.73 Å². The maximum absolute atomic E-state index is 5.56. The van der Waals surface area contributed by atoms with Gasteiger partial charge in [-0.3, -0.25) is 0 Å². The van der Waals surface area contributed by atoms with Crippen molar-refractivity contribution in [2.45, 2.75) is 0 Å². The van der Waals surface area contributed by atoms with Crippen molar-refractivity contribution in [1.82, 2.24) is 9.55 Å². The van der Waals surface area contributed by atoms with Gasteiger partial charge in [0.05, 0.1) is 6.33 Å². The van der Waals surface area contributed by atoms with E-state index in [1.807, 2.05) is 35.0 Å². The van der Waals surface area contributed by atoms with Crippen molar-refractivity contribution in [3.63, 3.8) is 0 Å². The summed E-state index contributed by atoms with van der Waals surface area (Å²) in [6.45, 7) is 0. The van der Waals surface area contributed by atoms with Gasteiger partial charge in [0, 0.05) is 23.8 Å². The van der Waals surface area contributed by atoms with E-state index in [4.69, 9.17) is 5.73 Å². The van der Waals surface area contributed by atoms with E-state index in [9.17, 15) is 0 Å². The number of nitrogens with two attached hydrogens (primary N) is 1. The molecule has 2 N–H and O–H groups in total. The van der Waals surface area contributed by atoms with Crippen molar-refractivity contribution in [1.29, 1.82) is 0 Å². The molecule has 0 aliphatic carbocycles. The monoisotopic (exact) mass is 231 g/mol. The van der Waals surface area contributed by atoms with Gasteiger partial charge in [0.25, 0.3) is 0 Å². The molecule has 3 nitrogen and oxygen atoms in total. The Bertz CT molecular complexity index is 356. The highest BCUT2D eigenvalue weighted by molar-refractivity contribution is 5.85. The first kappa shape index (κ1) is 12.8. The number of hydrogen-bond donors (Lipinski definition) is 1. The molecular weight excluding hydrogens is 221 g/mol. The lowest BCUT2D eigenvalue weighted by Crippen LogP contribution is -1.90. The molecule has 2 rings (SSSR count). The molecule has 14 heavy (non-hydrogen) atoms. The Morgan fingerprint density at radius 2 is 1.71 bits per heavy atom. The highest BCUT2D eigenvalue weighted by atomic mass is 35.5. The molecular formula is C9H11Cl2N3. The second kappa shape index (κ2) is 5.52. The van der Waals surface area contributed by atoms with Crippen LogP contribution in [0.25, 0.3) is 5.69 Å². The van der Waals surface area contributed by atoms with Gasteiger partial charge in [-0.1, -0.05) is 0 Å². The summed E-state index contributed by atoms with van der Waals surface area (Å²) in [5, 5.41) is 0. The van der Waals surface area contributed by atoms with Crippen LogP contribution in [0.2, 0.25) is 0 Å². The minimum Gasteiger partial charge on any atom is -0.399 e. The summed E-state index contributed by atoms with van der Waals surface area (Å²) >= 11 is 0. The molecule has 0 fully saturated rings. The van der Waals surface area contributed by atoms with Crippen LogP contribution in [0, 0.1) is 0 Å². The summed E-state index contributed by atoms with van der Waals surface area (Å²) in [6, 6.07) is 7.65. The molecule has 1 heterocycles. The number of imidazole rings is 1. The van der Waals surface area contributed by atoms with Crippen LogP contribution in [-0.2, 0) is 0 Å². The van der Waals surface area contributed by atoms with Gasteiger partial charge in [-0.05, 0) is 24.3 Å².